The molecule has 0 amide bonds. The quantitative estimate of drug-likeness (QED) is 0.166. The van der Waals surface area contributed by atoms with Crippen molar-refractivity contribution in [2.45, 2.75) is 5.41 Å². The number of hydrogen-bond donors (Lipinski definition) is 0. The fourth-order valence-corrected chi connectivity index (χ4v) is 10.6. The SMILES string of the molecule is c1ccc2c(c1)Oc1cccc3c1B2c1ccc(-c2ccccc2-c2ccc4c(c2)C2(c5ccccc5-c5ccccc52)c2c-4ccc4ccccc24)cc1O3. The molecule has 9 aromatic carbocycles. The first-order chi connectivity index (χ1) is 27.8. The molecular weight excluding hydrogens is 679 g/mol. The summed E-state index contributed by atoms with van der Waals surface area (Å²) >= 11 is 0. The predicted octanol–water partition coefficient (Wildman–Crippen LogP) is 11.2. The van der Waals surface area contributed by atoms with Crippen LogP contribution in [0.4, 0.5) is 0 Å². The predicted molar refractivity (Wildman–Crippen MR) is 229 cm³/mol. The maximum atomic E-state index is 6.73. The van der Waals surface area contributed by atoms with E-state index in [0.717, 1.165) is 39.5 Å². The summed E-state index contributed by atoms with van der Waals surface area (Å²) in [6.07, 6.45) is 0. The van der Waals surface area contributed by atoms with Crippen LogP contribution >= 0.6 is 0 Å². The second kappa shape index (κ2) is 11.0. The van der Waals surface area contributed by atoms with E-state index in [0.29, 0.717) is 0 Å². The van der Waals surface area contributed by atoms with E-state index in [9.17, 15) is 0 Å². The molecule has 0 aromatic heterocycles. The topological polar surface area (TPSA) is 18.5 Å². The van der Waals surface area contributed by atoms with Gasteiger partial charge in [-0.1, -0.05) is 158 Å². The summed E-state index contributed by atoms with van der Waals surface area (Å²) in [7, 11) is 0. The number of fused-ring (bicyclic) bond motifs is 16. The highest BCUT2D eigenvalue weighted by Crippen LogP contribution is 2.64. The van der Waals surface area contributed by atoms with E-state index >= 15 is 0 Å². The van der Waals surface area contributed by atoms with E-state index in [4.69, 9.17) is 9.47 Å². The second-order valence-corrected chi connectivity index (χ2v) is 15.5. The molecular formula is C53H31BO2. The van der Waals surface area contributed by atoms with Crippen LogP contribution < -0.4 is 25.9 Å². The number of ether oxygens (including phenoxy) is 2. The molecule has 0 fully saturated rings. The summed E-state index contributed by atoms with van der Waals surface area (Å²) in [5.74, 6) is 3.51. The zero-order valence-corrected chi connectivity index (χ0v) is 30.3. The fraction of sp³-hybridized carbons (Fsp3) is 0.0189. The summed E-state index contributed by atoms with van der Waals surface area (Å²) in [6.45, 7) is 0.0435. The highest BCUT2D eigenvalue weighted by Gasteiger charge is 2.52. The molecule has 0 saturated carbocycles. The van der Waals surface area contributed by atoms with Gasteiger partial charge in [-0.2, -0.15) is 0 Å². The van der Waals surface area contributed by atoms with Gasteiger partial charge in [0.1, 0.15) is 23.0 Å². The average molecular weight is 711 g/mol. The van der Waals surface area contributed by atoms with Gasteiger partial charge in [0, 0.05) is 5.46 Å². The van der Waals surface area contributed by atoms with Crippen LogP contribution in [0.3, 0.4) is 0 Å². The van der Waals surface area contributed by atoms with Crippen molar-refractivity contribution in [1.29, 1.82) is 0 Å². The molecule has 0 N–H and O–H groups in total. The van der Waals surface area contributed by atoms with E-state index in [1.54, 1.807) is 0 Å². The van der Waals surface area contributed by atoms with Crippen molar-refractivity contribution in [3.8, 4) is 67.5 Å². The lowest BCUT2D eigenvalue weighted by Crippen LogP contribution is -2.57. The summed E-state index contributed by atoms with van der Waals surface area (Å²) in [6, 6.07) is 69.0. The Kier molecular flexibility index (Phi) is 5.94. The van der Waals surface area contributed by atoms with Gasteiger partial charge in [-0.15, -0.1) is 0 Å². The highest BCUT2D eigenvalue weighted by atomic mass is 16.5. The molecule has 2 heterocycles. The van der Waals surface area contributed by atoms with Crippen molar-refractivity contribution in [3.63, 3.8) is 0 Å². The highest BCUT2D eigenvalue weighted by molar-refractivity contribution is 6.98. The monoisotopic (exact) mass is 710 g/mol. The second-order valence-electron chi connectivity index (χ2n) is 15.5. The van der Waals surface area contributed by atoms with Crippen LogP contribution in [0, 0.1) is 0 Å². The van der Waals surface area contributed by atoms with Gasteiger partial charge < -0.3 is 9.47 Å². The first-order valence-corrected chi connectivity index (χ1v) is 19.5. The molecule has 0 atom stereocenters. The Hall–Kier alpha value is -7.10. The molecule has 0 radical (unpaired) electrons. The van der Waals surface area contributed by atoms with E-state index in [-0.39, 0.29) is 6.71 Å². The van der Waals surface area contributed by atoms with Gasteiger partial charge in [-0.05, 0) is 119 Å². The number of hydrogen-bond acceptors (Lipinski definition) is 2. The van der Waals surface area contributed by atoms with Crippen LogP contribution in [0.1, 0.15) is 22.3 Å². The molecule has 2 nitrogen and oxygen atoms in total. The first-order valence-electron chi connectivity index (χ1n) is 19.5. The molecule has 1 spiro atoms. The van der Waals surface area contributed by atoms with E-state index < -0.39 is 5.41 Å². The molecule has 3 heteroatoms. The van der Waals surface area contributed by atoms with Gasteiger partial charge in [-0.25, -0.2) is 0 Å². The molecule has 13 rings (SSSR count). The number of para-hydroxylation sites is 1. The molecule has 0 saturated heterocycles. The lowest BCUT2D eigenvalue weighted by Gasteiger charge is -2.33. The van der Waals surface area contributed by atoms with Crippen molar-refractivity contribution in [2.75, 3.05) is 0 Å². The van der Waals surface area contributed by atoms with Gasteiger partial charge in [-0.3, -0.25) is 0 Å². The third kappa shape index (κ3) is 3.82. The Balaban J connectivity index is 1.01. The molecule has 2 aliphatic carbocycles. The van der Waals surface area contributed by atoms with Crippen molar-refractivity contribution >= 4 is 33.9 Å². The minimum atomic E-state index is -0.449. The molecule has 258 valence electrons. The Morgan fingerprint density at radius 3 is 1.70 bits per heavy atom. The molecule has 0 unspecified atom stereocenters. The molecule has 4 aliphatic rings. The van der Waals surface area contributed by atoms with Gasteiger partial charge in [0.25, 0.3) is 6.71 Å². The summed E-state index contributed by atoms with van der Waals surface area (Å²) in [4.78, 5) is 0. The molecule has 56 heavy (non-hydrogen) atoms. The molecule has 0 bridgehead atoms. The summed E-state index contributed by atoms with van der Waals surface area (Å²) < 4.78 is 13.1. The van der Waals surface area contributed by atoms with Crippen molar-refractivity contribution < 1.29 is 9.47 Å². The third-order valence-corrected chi connectivity index (χ3v) is 12.8. The Morgan fingerprint density at radius 2 is 0.911 bits per heavy atom. The fourth-order valence-electron chi connectivity index (χ4n) is 10.6. The summed E-state index contributed by atoms with van der Waals surface area (Å²) in [5, 5.41) is 2.58. The van der Waals surface area contributed by atoms with E-state index in [1.807, 2.05) is 18.2 Å². The number of rotatable bonds is 2. The van der Waals surface area contributed by atoms with Gasteiger partial charge in [0.05, 0.1) is 5.41 Å². The van der Waals surface area contributed by atoms with Crippen LogP contribution in [-0.4, -0.2) is 6.71 Å². The molecule has 2 aliphatic heterocycles. The lowest BCUT2D eigenvalue weighted by atomic mass is 9.35. The first kappa shape index (κ1) is 30.3. The Morgan fingerprint density at radius 1 is 0.357 bits per heavy atom. The maximum absolute atomic E-state index is 6.73. The smallest absolute Gasteiger partial charge is 0.260 e. The van der Waals surface area contributed by atoms with Crippen molar-refractivity contribution in [2.24, 2.45) is 0 Å². The van der Waals surface area contributed by atoms with Crippen LogP contribution in [-0.2, 0) is 5.41 Å². The number of benzene rings is 9. The maximum Gasteiger partial charge on any atom is 0.260 e. The largest absolute Gasteiger partial charge is 0.458 e. The van der Waals surface area contributed by atoms with Crippen molar-refractivity contribution in [3.05, 3.63) is 210 Å². The van der Waals surface area contributed by atoms with Crippen LogP contribution in [0.25, 0.3) is 55.3 Å². The minimum absolute atomic E-state index is 0.0435. The minimum Gasteiger partial charge on any atom is -0.458 e. The normalized spacial score (nSPS) is 14.1. The van der Waals surface area contributed by atoms with Crippen LogP contribution in [0.2, 0.25) is 0 Å². The summed E-state index contributed by atoms with van der Waals surface area (Å²) in [5.41, 5.74) is 18.4. The Bertz CT molecular complexity index is 3130. The van der Waals surface area contributed by atoms with Gasteiger partial charge in [0.15, 0.2) is 0 Å². The third-order valence-electron chi connectivity index (χ3n) is 12.8. The molecule has 9 aromatic rings. The van der Waals surface area contributed by atoms with Crippen molar-refractivity contribution in [1.82, 2.24) is 0 Å². The van der Waals surface area contributed by atoms with Crippen LogP contribution in [0.15, 0.2) is 188 Å². The zero-order valence-electron chi connectivity index (χ0n) is 30.3. The average Bonchev–Trinajstić information content (AvgIpc) is 3.73. The van der Waals surface area contributed by atoms with E-state index in [2.05, 4.69) is 170 Å². The zero-order chi connectivity index (χ0) is 36.5. The van der Waals surface area contributed by atoms with Gasteiger partial charge >= 0.3 is 0 Å². The standard InChI is InChI=1S/C53H31BO2/c1-2-15-37-32(12-1)24-28-41-40-27-25-33(30-44(40)53(51(37)41)42-18-7-5-16-38(42)39-17-6-8-19-43(39)53)35-13-3-4-14-36(35)34-26-29-46-50(31-34)56-49-23-11-22-48-52(49)54(46)45-20-9-10-21-47(45)55-48/h1-31H. The van der Waals surface area contributed by atoms with Gasteiger partial charge in [0.2, 0.25) is 0 Å². The van der Waals surface area contributed by atoms with Crippen LogP contribution in [0.5, 0.6) is 23.0 Å². The van der Waals surface area contributed by atoms with E-state index in [1.165, 1.54) is 77.4 Å². The Labute approximate surface area is 325 Å². The lowest BCUT2D eigenvalue weighted by molar-refractivity contribution is 0.464.